The molecule has 7 heteroatoms. The summed E-state index contributed by atoms with van der Waals surface area (Å²) in [5, 5.41) is 19.3. The minimum absolute atomic E-state index is 0.00521. The van der Waals surface area contributed by atoms with Gasteiger partial charge in [-0.05, 0) is 46.0 Å². The van der Waals surface area contributed by atoms with E-state index in [0.717, 1.165) is 16.7 Å². The summed E-state index contributed by atoms with van der Waals surface area (Å²) in [4.78, 5) is 22.9. The maximum atomic E-state index is 11.8. The number of benzene rings is 3. The fourth-order valence-electron chi connectivity index (χ4n) is 3.60. The Bertz CT molecular complexity index is 1310. The van der Waals surface area contributed by atoms with E-state index in [1.807, 2.05) is 36.4 Å². The molecule has 0 aliphatic rings. The number of nitrogens with two attached hydrogens (primary N) is 1. The zero-order valence-electron chi connectivity index (χ0n) is 17.1. The lowest BCUT2D eigenvalue weighted by molar-refractivity contribution is -0.136. The topological polar surface area (TPSA) is 123 Å². The molecule has 0 saturated carbocycles. The van der Waals surface area contributed by atoms with Crippen LogP contribution in [0.4, 0.5) is 0 Å². The summed E-state index contributed by atoms with van der Waals surface area (Å²) < 4.78 is 11.4. The van der Waals surface area contributed by atoms with E-state index >= 15 is 0 Å². The van der Waals surface area contributed by atoms with E-state index in [9.17, 15) is 14.7 Å². The molecule has 0 fully saturated rings. The van der Waals surface area contributed by atoms with Crippen molar-refractivity contribution in [2.45, 2.75) is 19.6 Å². The molecule has 4 rings (SSSR count). The molecule has 0 aliphatic carbocycles. The molecule has 3 aromatic carbocycles. The largest absolute Gasteiger partial charge is 0.484 e. The van der Waals surface area contributed by atoms with Gasteiger partial charge in [0, 0.05) is 6.54 Å². The summed E-state index contributed by atoms with van der Waals surface area (Å²) in [6, 6.07) is 20.1. The van der Waals surface area contributed by atoms with Crippen LogP contribution in [0.1, 0.15) is 27.2 Å². The molecule has 0 spiro atoms. The average Bonchev–Trinajstić information content (AvgIpc) is 3.16. The standard InChI is InChI=1S/C25H21NO6/c26-13-15-4-3-7-16(10-15)18-8-9-21-20(11-18)23(24(32-21)25(29)30)31-14-19-6-2-1-5-17(19)12-22(27)28/h1-11H,12-14,26H2,(H,27,28)(H,29,30). The van der Waals surface area contributed by atoms with E-state index in [4.69, 9.17) is 20.0 Å². The number of carbonyl (C=O) groups is 2. The summed E-state index contributed by atoms with van der Waals surface area (Å²) in [5.74, 6) is -2.40. The van der Waals surface area contributed by atoms with E-state index < -0.39 is 11.9 Å². The summed E-state index contributed by atoms with van der Waals surface area (Å²) in [6.45, 7) is 0.417. The van der Waals surface area contributed by atoms with Gasteiger partial charge in [-0.1, -0.05) is 48.5 Å². The van der Waals surface area contributed by atoms with Crippen LogP contribution in [0, 0.1) is 0 Å². The summed E-state index contributed by atoms with van der Waals surface area (Å²) in [5.41, 5.74) is 10.2. The van der Waals surface area contributed by atoms with Crippen molar-refractivity contribution >= 4 is 22.9 Å². The van der Waals surface area contributed by atoms with Gasteiger partial charge in [-0.25, -0.2) is 4.79 Å². The number of rotatable bonds is 8. The fraction of sp³-hybridized carbons (Fsp3) is 0.120. The third-order valence-electron chi connectivity index (χ3n) is 5.16. The van der Waals surface area contributed by atoms with Gasteiger partial charge in [0.05, 0.1) is 11.8 Å². The normalized spacial score (nSPS) is 10.9. The van der Waals surface area contributed by atoms with Gasteiger partial charge in [0.15, 0.2) is 5.75 Å². The lowest BCUT2D eigenvalue weighted by Crippen LogP contribution is -2.07. The van der Waals surface area contributed by atoms with Crippen LogP contribution < -0.4 is 10.5 Å². The molecule has 1 heterocycles. The molecule has 32 heavy (non-hydrogen) atoms. The fourth-order valence-corrected chi connectivity index (χ4v) is 3.60. The SMILES string of the molecule is NCc1cccc(-c2ccc3oc(C(=O)O)c(OCc4ccccc4CC(=O)O)c3c2)c1. The van der Waals surface area contributed by atoms with Crippen molar-refractivity contribution < 1.29 is 29.0 Å². The highest BCUT2D eigenvalue weighted by Gasteiger charge is 2.22. The van der Waals surface area contributed by atoms with E-state index in [0.29, 0.717) is 28.6 Å². The summed E-state index contributed by atoms with van der Waals surface area (Å²) in [6.07, 6.45) is -0.154. The van der Waals surface area contributed by atoms with Crippen LogP contribution in [0.5, 0.6) is 5.75 Å². The van der Waals surface area contributed by atoms with Gasteiger partial charge in [-0.15, -0.1) is 0 Å². The average molecular weight is 431 g/mol. The van der Waals surface area contributed by atoms with Crippen molar-refractivity contribution in [1.82, 2.24) is 0 Å². The molecule has 162 valence electrons. The molecule has 0 aliphatic heterocycles. The van der Waals surface area contributed by atoms with Crippen LogP contribution in [-0.2, 0) is 24.4 Å². The number of furan rings is 1. The highest BCUT2D eigenvalue weighted by Crippen LogP contribution is 2.37. The molecule has 4 aromatic rings. The quantitative estimate of drug-likeness (QED) is 0.376. The van der Waals surface area contributed by atoms with Crippen molar-refractivity contribution in [2.24, 2.45) is 5.73 Å². The smallest absolute Gasteiger partial charge is 0.375 e. The molecule has 4 N–H and O–H groups in total. The third kappa shape index (κ3) is 4.33. The highest BCUT2D eigenvalue weighted by molar-refractivity contribution is 5.99. The minimum Gasteiger partial charge on any atom is -0.484 e. The second-order valence-electron chi connectivity index (χ2n) is 7.31. The van der Waals surface area contributed by atoms with Crippen LogP contribution in [0.15, 0.2) is 71.1 Å². The second-order valence-corrected chi connectivity index (χ2v) is 7.31. The molecule has 0 unspecified atom stereocenters. The predicted octanol–water partition coefficient (Wildman–Crippen LogP) is 4.46. The lowest BCUT2D eigenvalue weighted by atomic mass is 10.0. The highest BCUT2D eigenvalue weighted by atomic mass is 16.5. The number of aliphatic carboxylic acids is 1. The van der Waals surface area contributed by atoms with Crippen molar-refractivity contribution in [2.75, 3.05) is 0 Å². The number of carboxylic acid groups (broad SMARTS) is 2. The zero-order valence-corrected chi connectivity index (χ0v) is 17.1. The van der Waals surface area contributed by atoms with Crippen molar-refractivity contribution in [3.8, 4) is 16.9 Å². The van der Waals surface area contributed by atoms with Gasteiger partial charge in [-0.3, -0.25) is 4.79 Å². The van der Waals surface area contributed by atoms with Crippen molar-refractivity contribution in [3.05, 3.63) is 89.2 Å². The Kier molecular flexibility index (Phi) is 5.91. The van der Waals surface area contributed by atoms with E-state index in [-0.39, 0.29) is 24.5 Å². The van der Waals surface area contributed by atoms with E-state index in [1.165, 1.54) is 0 Å². The number of aromatic carboxylic acids is 1. The molecule has 7 nitrogen and oxygen atoms in total. The minimum atomic E-state index is -1.25. The van der Waals surface area contributed by atoms with Gasteiger partial charge in [0.2, 0.25) is 0 Å². The Morgan fingerprint density at radius 3 is 2.38 bits per heavy atom. The van der Waals surface area contributed by atoms with E-state index in [1.54, 1.807) is 30.3 Å². The maximum Gasteiger partial charge on any atom is 0.375 e. The van der Waals surface area contributed by atoms with Gasteiger partial charge in [0.1, 0.15) is 12.2 Å². The number of hydrogen-bond acceptors (Lipinski definition) is 5. The Balaban J connectivity index is 1.73. The second kappa shape index (κ2) is 8.95. The maximum absolute atomic E-state index is 11.8. The molecule has 0 saturated heterocycles. The van der Waals surface area contributed by atoms with Gasteiger partial charge in [-0.2, -0.15) is 0 Å². The first-order chi connectivity index (χ1) is 15.5. The van der Waals surface area contributed by atoms with Gasteiger partial charge in [0.25, 0.3) is 5.76 Å². The first-order valence-electron chi connectivity index (χ1n) is 9.97. The van der Waals surface area contributed by atoms with Gasteiger partial charge < -0.3 is 25.1 Å². The first kappa shape index (κ1) is 21.1. The molecule has 0 atom stereocenters. The third-order valence-corrected chi connectivity index (χ3v) is 5.16. The number of ether oxygens (including phenoxy) is 1. The molecule has 0 bridgehead atoms. The lowest BCUT2D eigenvalue weighted by Gasteiger charge is -2.10. The Labute approximate surface area is 183 Å². The van der Waals surface area contributed by atoms with Crippen LogP contribution in [0.25, 0.3) is 22.1 Å². The van der Waals surface area contributed by atoms with Crippen LogP contribution in [-0.4, -0.2) is 22.2 Å². The number of fused-ring (bicyclic) bond motifs is 1. The van der Waals surface area contributed by atoms with Crippen LogP contribution in [0.2, 0.25) is 0 Å². The number of hydrogen-bond donors (Lipinski definition) is 3. The summed E-state index contributed by atoms with van der Waals surface area (Å²) >= 11 is 0. The summed E-state index contributed by atoms with van der Waals surface area (Å²) in [7, 11) is 0. The predicted molar refractivity (Wildman–Crippen MR) is 119 cm³/mol. The Morgan fingerprint density at radius 2 is 1.66 bits per heavy atom. The molecular formula is C25H21NO6. The van der Waals surface area contributed by atoms with Gasteiger partial charge >= 0.3 is 11.9 Å². The number of carboxylic acids is 2. The zero-order chi connectivity index (χ0) is 22.7. The molecule has 1 aromatic heterocycles. The van der Waals surface area contributed by atoms with E-state index in [2.05, 4.69) is 0 Å². The Hall–Kier alpha value is -4.10. The molecule has 0 amide bonds. The van der Waals surface area contributed by atoms with Crippen molar-refractivity contribution in [3.63, 3.8) is 0 Å². The molecular weight excluding hydrogens is 410 g/mol. The van der Waals surface area contributed by atoms with Crippen LogP contribution >= 0.6 is 0 Å². The first-order valence-corrected chi connectivity index (χ1v) is 9.97. The molecule has 0 radical (unpaired) electrons. The monoisotopic (exact) mass is 431 g/mol. The Morgan fingerprint density at radius 1 is 0.906 bits per heavy atom. The van der Waals surface area contributed by atoms with Crippen molar-refractivity contribution in [1.29, 1.82) is 0 Å². The van der Waals surface area contributed by atoms with Crippen LogP contribution in [0.3, 0.4) is 0 Å².